The minimum atomic E-state index is -0.344. The molecule has 2 aromatic carbocycles. The van der Waals surface area contributed by atoms with E-state index in [2.05, 4.69) is 12.1 Å². The molecule has 0 bridgehead atoms. The van der Waals surface area contributed by atoms with E-state index in [9.17, 15) is 4.39 Å². The lowest BCUT2D eigenvalue weighted by Crippen LogP contribution is -2.11. The minimum absolute atomic E-state index is 0.174. The van der Waals surface area contributed by atoms with Crippen LogP contribution in [0.25, 0.3) is 0 Å². The molecular weight excluding hydrogens is 285 g/mol. The van der Waals surface area contributed by atoms with E-state index in [4.69, 9.17) is 10.5 Å². The van der Waals surface area contributed by atoms with Gasteiger partial charge < -0.3 is 10.5 Å². The molecule has 1 aliphatic rings. The summed E-state index contributed by atoms with van der Waals surface area (Å²) in [6.07, 6.45) is 0. The zero-order valence-electron chi connectivity index (χ0n) is 11.9. The van der Waals surface area contributed by atoms with Crippen molar-refractivity contribution in [2.45, 2.75) is 23.8 Å². The van der Waals surface area contributed by atoms with E-state index in [0.717, 1.165) is 11.3 Å². The van der Waals surface area contributed by atoms with Crippen molar-refractivity contribution in [1.29, 1.82) is 0 Å². The Hall–Kier alpha value is -1.52. The third kappa shape index (κ3) is 3.06. The largest absolute Gasteiger partial charge is 0.490 e. The van der Waals surface area contributed by atoms with Crippen molar-refractivity contribution >= 4 is 11.8 Å². The van der Waals surface area contributed by atoms with Crippen LogP contribution < -0.4 is 10.5 Å². The van der Waals surface area contributed by atoms with Gasteiger partial charge in [0.2, 0.25) is 0 Å². The SMILES string of the molecule is C[C@H](N)c1ccc(OCC2CSc3ccccc32)c(F)c1. The molecule has 0 radical (unpaired) electrons. The molecule has 21 heavy (non-hydrogen) atoms. The number of hydrogen-bond donors (Lipinski definition) is 1. The lowest BCUT2D eigenvalue weighted by Gasteiger charge is -2.14. The summed E-state index contributed by atoms with van der Waals surface area (Å²) in [5.41, 5.74) is 7.83. The molecule has 4 heteroatoms. The highest BCUT2D eigenvalue weighted by Crippen LogP contribution is 2.39. The van der Waals surface area contributed by atoms with Crippen LogP contribution in [0.5, 0.6) is 5.75 Å². The predicted molar refractivity (Wildman–Crippen MR) is 84.4 cm³/mol. The summed E-state index contributed by atoms with van der Waals surface area (Å²) >= 11 is 1.83. The molecule has 1 heterocycles. The summed E-state index contributed by atoms with van der Waals surface area (Å²) < 4.78 is 19.7. The monoisotopic (exact) mass is 303 g/mol. The maximum Gasteiger partial charge on any atom is 0.165 e. The van der Waals surface area contributed by atoms with Crippen LogP contribution in [0, 0.1) is 5.82 Å². The molecule has 0 aliphatic carbocycles. The molecule has 1 unspecified atom stereocenters. The van der Waals surface area contributed by atoms with Gasteiger partial charge in [-0.2, -0.15) is 0 Å². The number of hydrogen-bond acceptors (Lipinski definition) is 3. The van der Waals surface area contributed by atoms with E-state index in [1.807, 2.05) is 36.9 Å². The van der Waals surface area contributed by atoms with E-state index in [1.165, 1.54) is 16.5 Å². The molecular formula is C17H18FNOS. The third-order valence-electron chi connectivity index (χ3n) is 3.72. The Labute approximate surface area is 128 Å². The summed E-state index contributed by atoms with van der Waals surface area (Å²) in [7, 11) is 0. The van der Waals surface area contributed by atoms with Gasteiger partial charge in [-0.3, -0.25) is 0 Å². The first-order chi connectivity index (χ1) is 10.1. The highest BCUT2D eigenvalue weighted by atomic mass is 32.2. The zero-order valence-corrected chi connectivity index (χ0v) is 12.7. The quantitative estimate of drug-likeness (QED) is 0.923. The number of fused-ring (bicyclic) bond motifs is 1. The molecule has 3 rings (SSSR count). The highest BCUT2D eigenvalue weighted by Gasteiger charge is 2.23. The summed E-state index contributed by atoms with van der Waals surface area (Å²) in [5, 5.41) is 0. The predicted octanol–water partition coefficient (Wildman–Crippen LogP) is 4.11. The van der Waals surface area contributed by atoms with Crippen molar-refractivity contribution in [1.82, 2.24) is 0 Å². The molecule has 0 saturated heterocycles. The Balaban J connectivity index is 1.69. The van der Waals surface area contributed by atoms with Crippen molar-refractivity contribution in [3.63, 3.8) is 0 Å². The van der Waals surface area contributed by atoms with Crippen LogP contribution in [-0.4, -0.2) is 12.4 Å². The molecule has 0 fully saturated rings. The fourth-order valence-corrected chi connectivity index (χ4v) is 3.71. The van der Waals surface area contributed by atoms with E-state index in [1.54, 1.807) is 6.07 Å². The molecule has 0 spiro atoms. The first kappa shape index (κ1) is 14.4. The van der Waals surface area contributed by atoms with Gasteiger partial charge in [-0.1, -0.05) is 24.3 Å². The lowest BCUT2D eigenvalue weighted by molar-refractivity contribution is 0.283. The topological polar surface area (TPSA) is 35.2 Å². The number of nitrogens with two attached hydrogens (primary N) is 1. The zero-order chi connectivity index (χ0) is 14.8. The molecule has 2 atom stereocenters. The van der Waals surface area contributed by atoms with Crippen LogP contribution in [-0.2, 0) is 0 Å². The standard InChI is InChI=1S/C17H18FNOS/c1-11(19)12-6-7-16(15(18)8-12)20-9-13-10-21-17-5-3-2-4-14(13)17/h2-8,11,13H,9-10,19H2,1H3/t11-,13?/m0/s1. The van der Waals surface area contributed by atoms with E-state index in [0.29, 0.717) is 18.3 Å². The average Bonchev–Trinajstić information content (AvgIpc) is 2.89. The molecule has 2 N–H and O–H groups in total. The third-order valence-corrected chi connectivity index (χ3v) is 4.97. The first-order valence-corrected chi connectivity index (χ1v) is 8.03. The smallest absolute Gasteiger partial charge is 0.165 e. The van der Waals surface area contributed by atoms with Gasteiger partial charge in [0.1, 0.15) is 0 Å². The summed E-state index contributed by atoms with van der Waals surface area (Å²) in [5.74, 6) is 1.26. The summed E-state index contributed by atoms with van der Waals surface area (Å²) in [4.78, 5) is 1.30. The summed E-state index contributed by atoms with van der Waals surface area (Å²) in [6, 6.07) is 13.1. The normalized spacial score (nSPS) is 18.3. The highest BCUT2D eigenvalue weighted by molar-refractivity contribution is 7.99. The van der Waals surface area contributed by atoms with Crippen molar-refractivity contribution < 1.29 is 9.13 Å². The average molecular weight is 303 g/mol. The number of rotatable bonds is 4. The van der Waals surface area contributed by atoms with Gasteiger partial charge >= 0.3 is 0 Å². The fourth-order valence-electron chi connectivity index (χ4n) is 2.48. The Morgan fingerprint density at radius 2 is 2.14 bits per heavy atom. The van der Waals surface area contributed by atoms with Crippen LogP contribution in [0.15, 0.2) is 47.4 Å². The van der Waals surface area contributed by atoms with Gasteiger partial charge in [0.25, 0.3) is 0 Å². The fraction of sp³-hybridized carbons (Fsp3) is 0.294. The number of benzene rings is 2. The minimum Gasteiger partial charge on any atom is -0.490 e. The number of ether oxygens (including phenoxy) is 1. The molecule has 110 valence electrons. The van der Waals surface area contributed by atoms with Crippen molar-refractivity contribution in [3.8, 4) is 5.75 Å². The number of thioether (sulfide) groups is 1. The second-order valence-corrected chi connectivity index (χ2v) is 6.40. The van der Waals surface area contributed by atoms with Crippen molar-refractivity contribution in [3.05, 3.63) is 59.4 Å². The van der Waals surface area contributed by atoms with Crippen LogP contribution in [0.1, 0.15) is 30.0 Å². The van der Waals surface area contributed by atoms with Gasteiger partial charge in [-0.15, -0.1) is 11.8 Å². The lowest BCUT2D eigenvalue weighted by atomic mass is 10.0. The second kappa shape index (κ2) is 6.08. The van der Waals surface area contributed by atoms with Crippen LogP contribution in [0.3, 0.4) is 0 Å². The van der Waals surface area contributed by atoms with Gasteiger partial charge in [0, 0.05) is 22.6 Å². The van der Waals surface area contributed by atoms with Crippen LogP contribution in [0.2, 0.25) is 0 Å². The molecule has 2 aromatic rings. The molecule has 0 aromatic heterocycles. The molecule has 2 nitrogen and oxygen atoms in total. The molecule has 0 saturated carbocycles. The Kier molecular flexibility index (Phi) is 4.17. The maximum atomic E-state index is 14.0. The molecule has 0 amide bonds. The van der Waals surface area contributed by atoms with Gasteiger partial charge in [0.05, 0.1) is 6.61 Å². The molecule has 1 aliphatic heterocycles. The van der Waals surface area contributed by atoms with Crippen molar-refractivity contribution in [2.75, 3.05) is 12.4 Å². The van der Waals surface area contributed by atoms with Crippen LogP contribution in [0.4, 0.5) is 4.39 Å². The number of halogens is 1. The van der Waals surface area contributed by atoms with E-state index < -0.39 is 0 Å². The van der Waals surface area contributed by atoms with Gasteiger partial charge in [0.15, 0.2) is 11.6 Å². The Morgan fingerprint density at radius 1 is 1.33 bits per heavy atom. The van der Waals surface area contributed by atoms with Gasteiger partial charge in [-0.25, -0.2) is 4.39 Å². The van der Waals surface area contributed by atoms with Crippen molar-refractivity contribution in [2.24, 2.45) is 5.73 Å². The summed E-state index contributed by atoms with van der Waals surface area (Å²) in [6.45, 7) is 2.33. The maximum absolute atomic E-state index is 14.0. The van der Waals surface area contributed by atoms with Crippen LogP contribution >= 0.6 is 11.8 Å². The van der Waals surface area contributed by atoms with E-state index >= 15 is 0 Å². The Bertz CT molecular complexity index is 644. The second-order valence-electron chi connectivity index (χ2n) is 5.34. The first-order valence-electron chi connectivity index (χ1n) is 7.04. The Morgan fingerprint density at radius 3 is 2.90 bits per heavy atom. The van der Waals surface area contributed by atoms with Gasteiger partial charge in [-0.05, 0) is 36.2 Å². The van der Waals surface area contributed by atoms with E-state index in [-0.39, 0.29) is 11.9 Å².